The maximum Gasteiger partial charge on any atom is 0.315 e. The highest BCUT2D eigenvalue weighted by Gasteiger charge is 2.41. The lowest BCUT2D eigenvalue weighted by molar-refractivity contribution is -0.146. The lowest BCUT2D eigenvalue weighted by Crippen LogP contribution is -2.33. The van der Waals surface area contributed by atoms with E-state index in [2.05, 4.69) is 39.5 Å². The van der Waals surface area contributed by atoms with E-state index in [-0.39, 0.29) is 11.9 Å². The van der Waals surface area contributed by atoms with Crippen LogP contribution in [0.4, 0.5) is 5.82 Å². The lowest BCUT2D eigenvalue weighted by atomic mass is 9.75. The van der Waals surface area contributed by atoms with Crippen LogP contribution < -0.4 is 0 Å². The van der Waals surface area contributed by atoms with Crippen molar-refractivity contribution in [3.8, 4) is 0 Å². The van der Waals surface area contributed by atoms with Gasteiger partial charge >= 0.3 is 5.97 Å². The third-order valence-electron chi connectivity index (χ3n) is 5.05. The number of carbonyl (C=O) groups is 1. The second kappa shape index (κ2) is 6.41. The first-order chi connectivity index (χ1) is 12.6. The fourth-order valence-electron chi connectivity index (χ4n) is 3.92. The summed E-state index contributed by atoms with van der Waals surface area (Å²) in [7, 11) is 0. The van der Waals surface area contributed by atoms with Gasteiger partial charge in [-0.25, -0.2) is 4.99 Å². The van der Waals surface area contributed by atoms with Crippen molar-refractivity contribution in [2.24, 2.45) is 10.9 Å². The Kier molecular flexibility index (Phi) is 4.07. The number of H-pyrrole nitrogens is 1. The van der Waals surface area contributed by atoms with Gasteiger partial charge in [0.2, 0.25) is 0 Å². The third-order valence-corrected chi connectivity index (χ3v) is 5.05. The maximum atomic E-state index is 12.8. The molecule has 2 unspecified atom stereocenters. The highest BCUT2D eigenvalue weighted by molar-refractivity contribution is 6.05. The third kappa shape index (κ3) is 2.51. The van der Waals surface area contributed by atoms with Gasteiger partial charge in [-0.2, -0.15) is 5.10 Å². The number of carbonyl (C=O) groups excluding carboxylic acids is 1. The van der Waals surface area contributed by atoms with E-state index < -0.39 is 5.92 Å². The highest BCUT2D eigenvalue weighted by atomic mass is 16.5. The first-order valence-corrected chi connectivity index (χ1v) is 8.86. The molecule has 2 aromatic carbocycles. The number of rotatable bonds is 3. The minimum absolute atomic E-state index is 0.175. The summed E-state index contributed by atoms with van der Waals surface area (Å²) in [6.07, 6.45) is 0. The van der Waals surface area contributed by atoms with Crippen LogP contribution >= 0.6 is 0 Å². The maximum absolute atomic E-state index is 12.8. The zero-order valence-electron chi connectivity index (χ0n) is 15.1. The molecule has 0 saturated carbocycles. The smallest absolute Gasteiger partial charge is 0.315 e. The van der Waals surface area contributed by atoms with Crippen LogP contribution in [0.5, 0.6) is 0 Å². The fraction of sp³-hybridized carbons (Fsp3) is 0.286. The van der Waals surface area contributed by atoms with Crippen LogP contribution in [-0.2, 0) is 9.53 Å². The van der Waals surface area contributed by atoms with Gasteiger partial charge < -0.3 is 4.74 Å². The van der Waals surface area contributed by atoms with Crippen LogP contribution in [0.3, 0.4) is 0 Å². The van der Waals surface area contributed by atoms with Crippen molar-refractivity contribution in [2.75, 3.05) is 6.61 Å². The number of fused-ring (bicyclic) bond motifs is 2. The fourth-order valence-corrected chi connectivity index (χ4v) is 3.92. The number of hydrogen-bond donors (Lipinski definition) is 1. The number of hydrogen-bond acceptors (Lipinski definition) is 4. The van der Waals surface area contributed by atoms with Crippen LogP contribution in [0.2, 0.25) is 0 Å². The SMILES string of the molecule is CCOC(=O)C1C(C)=Nc2n[nH]c(C)c2C1c1cccc2ccccc12. The summed E-state index contributed by atoms with van der Waals surface area (Å²) in [5.74, 6) is -0.202. The topological polar surface area (TPSA) is 67.3 Å². The monoisotopic (exact) mass is 347 g/mol. The summed E-state index contributed by atoms with van der Waals surface area (Å²) in [5.41, 5.74) is 3.75. The van der Waals surface area contributed by atoms with Crippen molar-refractivity contribution >= 4 is 28.3 Å². The van der Waals surface area contributed by atoms with Gasteiger partial charge in [0.25, 0.3) is 0 Å². The van der Waals surface area contributed by atoms with E-state index in [1.807, 2.05) is 39.0 Å². The molecular weight excluding hydrogens is 326 g/mol. The van der Waals surface area contributed by atoms with Crippen LogP contribution in [-0.4, -0.2) is 28.5 Å². The second-order valence-electron chi connectivity index (χ2n) is 6.61. The molecule has 0 aliphatic carbocycles. The Morgan fingerprint density at radius 3 is 2.73 bits per heavy atom. The van der Waals surface area contributed by atoms with Gasteiger partial charge in [0.05, 0.1) is 6.61 Å². The Hall–Kier alpha value is -2.95. The quantitative estimate of drug-likeness (QED) is 0.719. The molecule has 1 N–H and O–H groups in total. The minimum atomic E-state index is -0.454. The van der Waals surface area contributed by atoms with E-state index in [0.717, 1.165) is 33.3 Å². The van der Waals surface area contributed by atoms with E-state index in [4.69, 9.17) is 4.74 Å². The number of aryl methyl sites for hydroxylation is 1. The molecule has 1 aromatic heterocycles. The van der Waals surface area contributed by atoms with Crippen LogP contribution in [0, 0.1) is 12.8 Å². The lowest BCUT2D eigenvalue weighted by Gasteiger charge is -2.30. The van der Waals surface area contributed by atoms with Crippen molar-refractivity contribution in [1.82, 2.24) is 10.2 Å². The van der Waals surface area contributed by atoms with Crippen LogP contribution in [0.1, 0.15) is 36.6 Å². The summed E-state index contributed by atoms with van der Waals surface area (Å²) in [5, 5.41) is 9.65. The summed E-state index contributed by atoms with van der Waals surface area (Å²) in [4.78, 5) is 17.4. The molecule has 5 nitrogen and oxygen atoms in total. The van der Waals surface area contributed by atoms with Gasteiger partial charge in [0.15, 0.2) is 5.82 Å². The molecule has 0 bridgehead atoms. The minimum Gasteiger partial charge on any atom is -0.465 e. The normalized spacial score (nSPS) is 19.1. The van der Waals surface area contributed by atoms with E-state index in [1.165, 1.54) is 0 Å². The van der Waals surface area contributed by atoms with Crippen molar-refractivity contribution in [1.29, 1.82) is 0 Å². The van der Waals surface area contributed by atoms with E-state index in [1.54, 1.807) is 0 Å². The van der Waals surface area contributed by atoms with E-state index in [9.17, 15) is 4.79 Å². The van der Waals surface area contributed by atoms with Gasteiger partial charge in [-0.1, -0.05) is 42.5 Å². The number of aromatic nitrogens is 2. The number of nitrogens with one attached hydrogen (secondary N) is 1. The number of esters is 1. The van der Waals surface area contributed by atoms with E-state index in [0.29, 0.717) is 12.4 Å². The summed E-state index contributed by atoms with van der Waals surface area (Å²) in [6.45, 7) is 6.03. The molecule has 4 rings (SSSR count). The summed E-state index contributed by atoms with van der Waals surface area (Å²) >= 11 is 0. The second-order valence-corrected chi connectivity index (χ2v) is 6.61. The zero-order chi connectivity index (χ0) is 18.3. The first-order valence-electron chi connectivity index (χ1n) is 8.86. The predicted molar refractivity (Wildman–Crippen MR) is 102 cm³/mol. The Balaban J connectivity index is 1.98. The van der Waals surface area contributed by atoms with Crippen LogP contribution in [0.25, 0.3) is 10.8 Å². The molecule has 5 heteroatoms. The molecule has 3 aromatic rings. The Bertz CT molecular complexity index is 1010. The molecular formula is C21H21N3O2. The molecule has 2 heterocycles. The Labute approximate surface area is 152 Å². The first kappa shape index (κ1) is 16.5. The Morgan fingerprint density at radius 1 is 1.15 bits per heavy atom. The largest absolute Gasteiger partial charge is 0.465 e. The van der Waals surface area contributed by atoms with Gasteiger partial charge in [-0.3, -0.25) is 9.89 Å². The molecule has 0 fully saturated rings. The van der Waals surface area contributed by atoms with Gasteiger partial charge in [-0.05, 0) is 37.1 Å². The van der Waals surface area contributed by atoms with Gasteiger partial charge in [0.1, 0.15) is 5.92 Å². The molecule has 26 heavy (non-hydrogen) atoms. The van der Waals surface area contributed by atoms with Crippen molar-refractivity contribution in [3.63, 3.8) is 0 Å². The standard InChI is InChI=1S/C21H21N3O2/c1-4-26-21(25)18-12(2)22-20-17(13(3)23-24-20)19(18)16-11-7-9-14-8-5-6-10-15(14)16/h5-11,18-19H,4H2,1-3H3,(H,23,24). The predicted octanol–water partition coefficient (Wildman–Crippen LogP) is 4.29. The number of benzene rings is 2. The summed E-state index contributed by atoms with van der Waals surface area (Å²) in [6, 6.07) is 14.5. The highest BCUT2D eigenvalue weighted by Crippen LogP contribution is 2.45. The number of aromatic amines is 1. The molecule has 0 radical (unpaired) electrons. The molecule has 2 atom stereocenters. The van der Waals surface area contributed by atoms with Crippen molar-refractivity contribution in [3.05, 3.63) is 59.3 Å². The van der Waals surface area contributed by atoms with Crippen molar-refractivity contribution < 1.29 is 9.53 Å². The molecule has 0 amide bonds. The number of ether oxygens (including phenoxy) is 1. The van der Waals surface area contributed by atoms with Gasteiger partial charge in [-0.15, -0.1) is 0 Å². The number of aliphatic imine (C=N–C) groups is 1. The zero-order valence-corrected chi connectivity index (χ0v) is 15.1. The molecule has 1 aliphatic heterocycles. The van der Waals surface area contributed by atoms with Gasteiger partial charge in [0, 0.05) is 22.9 Å². The van der Waals surface area contributed by atoms with Crippen LogP contribution in [0.15, 0.2) is 47.5 Å². The number of nitrogens with zero attached hydrogens (tertiary/aromatic N) is 2. The average Bonchev–Trinajstić information content (AvgIpc) is 3.00. The average molecular weight is 347 g/mol. The molecule has 132 valence electrons. The molecule has 1 aliphatic rings. The van der Waals surface area contributed by atoms with Crippen molar-refractivity contribution in [2.45, 2.75) is 26.7 Å². The summed E-state index contributed by atoms with van der Waals surface area (Å²) < 4.78 is 5.40. The Morgan fingerprint density at radius 2 is 1.92 bits per heavy atom. The molecule has 0 spiro atoms. The van der Waals surface area contributed by atoms with E-state index >= 15 is 0 Å². The molecule has 0 saturated heterocycles.